The highest BCUT2D eigenvalue weighted by Gasteiger charge is 2.23. The summed E-state index contributed by atoms with van der Waals surface area (Å²) in [6, 6.07) is 14.5. The third-order valence-corrected chi connectivity index (χ3v) is 5.06. The van der Waals surface area contributed by atoms with Gasteiger partial charge in [0.25, 0.3) is 0 Å². The molecule has 0 bridgehead atoms. The van der Waals surface area contributed by atoms with Crippen LogP contribution in [0.15, 0.2) is 42.6 Å². The largest absolute Gasteiger partial charge is 0.370 e. The molecule has 4 heterocycles. The Hall–Kier alpha value is -3.13. The summed E-state index contributed by atoms with van der Waals surface area (Å²) in [7, 11) is 0. The van der Waals surface area contributed by atoms with Gasteiger partial charge in [-0.2, -0.15) is 5.26 Å². The summed E-state index contributed by atoms with van der Waals surface area (Å²) in [6.45, 7) is 1.99. The van der Waals surface area contributed by atoms with Gasteiger partial charge < -0.3 is 4.90 Å². The molecule has 0 unspecified atom stereocenters. The second-order valence-corrected chi connectivity index (χ2v) is 6.52. The van der Waals surface area contributed by atoms with E-state index in [1.165, 1.54) is 19.3 Å². The molecule has 1 saturated heterocycles. The van der Waals surface area contributed by atoms with Crippen LogP contribution in [-0.2, 0) is 0 Å². The number of hydrogen-bond donors (Lipinski definition) is 0. The lowest BCUT2D eigenvalue weighted by molar-refractivity contribution is 0.578. The quantitative estimate of drug-likeness (QED) is 0.532. The minimum atomic E-state index is 0.651. The Morgan fingerprint density at radius 3 is 2.64 bits per heavy atom. The number of rotatable bonds is 1. The molecule has 4 aromatic rings. The summed E-state index contributed by atoms with van der Waals surface area (Å²) in [5.74, 6) is 0. The molecule has 0 saturated carbocycles. The second-order valence-electron chi connectivity index (χ2n) is 6.52. The SMILES string of the molecule is N#Cc1c(N2CCCCC2)c2ccccc2n2c1nc1cccnc12. The molecule has 0 atom stereocenters. The molecule has 0 N–H and O–H groups in total. The smallest absolute Gasteiger partial charge is 0.164 e. The summed E-state index contributed by atoms with van der Waals surface area (Å²) in [4.78, 5) is 11.6. The van der Waals surface area contributed by atoms with Crippen LogP contribution in [0.3, 0.4) is 0 Å². The zero-order valence-electron chi connectivity index (χ0n) is 13.8. The first-order chi connectivity index (χ1) is 12.4. The van der Waals surface area contributed by atoms with E-state index in [-0.39, 0.29) is 0 Å². The van der Waals surface area contributed by atoms with E-state index in [1.807, 2.05) is 28.7 Å². The van der Waals surface area contributed by atoms with Crippen LogP contribution in [0.5, 0.6) is 0 Å². The lowest BCUT2D eigenvalue weighted by Gasteiger charge is -2.30. The van der Waals surface area contributed by atoms with Crippen LogP contribution >= 0.6 is 0 Å². The number of imidazole rings is 1. The topological polar surface area (TPSA) is 57.2 Å². The van der Waals surface area contributed by atoms with E-state index in [4.69, 9.17) is 4.98 Å². The number of benzene rings is 1. The Bertz CT molecular complexity index is 1150. The molecular formula is C20H17N5. The maximum Gasteiger partial charge on any atom is 0.164 e. The molecule has 1 aromatic carbocycles. The molecule has 1 aliphatic rings. The van der Waals surface area contributed by atoms with Crippen molar-refractivity contribution in [1.82, 2.24) is 14.4 Å². The van der Waals surface area contributed by atoms with E-state index in [0.29, 0.717) is 11.2 Å². The number of nitriles is 1. The molecule has 0 amide bonds. The summed E-state index contributed by atoms with van der Waals surface area (Å²) < 4.78 is 2.02. The van der Waals surface area contributed by atoms with Crippen molar-refractivity contribution < 1.29 is 0 Å². The van der Waals surface area contributed by atoms with Crippen molar-refractivity contribution in [2.75, 3.05) is 18.0 Å². The highest BCUT2D eigenvalue weighted by Crippen LogP contribution is 2.36. The van der Waals surface area contributed by atoms with Gasteiger partial charge in [-0.1, -0.05) is 18.2 Å². The second kappa shape index (κ2) is 5.45. The van der Waals surface area contributed by atoms with Gasteiger partial charge in [-0.3, -0.25) is 4.40 Å². The average Bonchev–Trinajstić information content (AvgIpc) is 3.07. The zero-order chi connectivity index (χ0) is 16.8. The van der Waals surface area contributed by atoms with Crippen LogP contribution in [0.25, 0.3) is 27.7 Å². The molecular weight excluding hydrogens is 310 g/mol. The van der Waals surface area contributed by atoms with Crippen molar-refractivity contribution in [1.29, 1.82) is 5.26 Å². The fraction of sp³-hybridized carbons (Fsp3) is 0.250. The molecule has 5 heteroatoms. The molecule has 5 nitrogen and oxygen atoms in total. The highest BCUT2D eigenvalue weighted by atomic mass is 15.2. The number of fused-ring (bicyclic) bond motifs is 5. The first-order valence-electron chi connectivity index (χ1n) is 8.71. The van der Waals surface area contributed by atoms with Crippen LogP contribution in [0.4, 0.5) is 5.69 Å². The van der Waals surface area contributed by atoms with Gasteiger partial charge in [0.2, 0.25) is 0 Å². The number of nitrogens with zero attached hydrogens (tertiary/aromatic N) is 5. The average molecular weight is 327 g/mol. The van der Waals surface area contributed by atoms with Crippen LogP contribution in [0.1, 0.15) is 24.8 Å². The molecule has 3 aromatic heterocycles. The van der Waals surface area contributed by atoms with Crippen molar-refractivity contribution in [3.8, 4) is 6.07 Å². The first-order valence-corrected chi connectivity index (χ1v) is 8.71. The van der Waals surface area contributed by atoms with Gasteiger partial charge in [-0.15, -0.1) is 0 Å². The summed E-state index contributed by atoms with van der Waals surface area (Å²) in [6.07, 6.45) is 5.37. The standard InChI is InChI=1S/C20H17N5/c21-13-15-18(24-11-4-1-5-12-24)14-7-2-3-9-17(14)25-19(15)23-16-8-6-10-22-20(16)25/h2-3,6-10H,1,4-5,11-12H2. The monoisotopic (exact) mass is 327 g/mol. The van der Waals surface area contributed by atoms with E-state index in [0.717, 1.165) is 40.8 Å². The van der Waals surface area contributed by atoms with E-state index in [9.17, 15) is 5.26 Å². The van der Waals surface area contributed by atoms with Crippen molar-refractivity contribution >= 4 is 33.4 Å². The van der Waals surface area contributed by atoms with Crippen molar-refractivity contribution in [2.24, 2.45) is 0 Å². The molecule has 1 fully saturated rings. The minimum Gasteiger partial charge on any atom is -0.370 e. The molecule has 5 rings (SSSR count). The Balaban J connectivity index is 1.99. The molecule has 0 spiro atoms. The molecule has 0 aliphatic carbocycles. The summed E-state index contributed by atoms with van der Waals surface area (Å²) in [5, 5.41) is 11.1. The van der Waals surface area contributed by atoms with Crippen LogP contribution < -0.4 is 4.90 Å². The van der Waals surface area contributed by atoms with Gasteiger partial charge in [0.15, 0.2) is 11.3 Å². The van der Waals surface area contributed by atoms with Gasteiger partial charge in [-0.25, -0.2) is 9.97 Å². The highest BCUT2D eigenvalue weighted by molar-refractivity contribution is 6.01. The number of hydrogen-bond acceptors (Lipinski definition) is 4. The Morgan fingerprint density at radius 1 is 0.960 bits per heavy atom. The van der Waals surface area contributed by atoms with Gasteiger partial charge >= 0.3 is 0 Å². The van der Waals surface area contributed by atoms with Gasteiger partial charge in [0.05, 0.1) is 11.2 Å². The van der Waals surface area contributed by atoms with E-state index in [2.05, 4.69) is 28.1 Å². The predicted molar refractivity (Wildman–Crippen MR) is 98.8 cm³/mol. The number of aromatic nitrogens is 3. The predicted octanol–water partition coefficient (Wildman–Crippen LogP) is 3.90. The van der Waals surface area contributed by atoms with Crippen LogP contribution in [-0.4, -0.2) is 27.5 Å². The van der Waals surface area contributed by atoms with Crippen molar-refractivity contribution in [2.45, 2.75) is 19.3 Å². The van der Waals surface area contributed by atoms with Crippen molar-refractivity contribution in [3.05, 3.63) is 48.2 Å². The number of para-hydroxylation sites is 1. The normalized spacial score (nSPS) is 15.1. The maximum absolute atomic E-state index is 9.98. The maximum atomic E-state index is 9.98. The Kier molecular flexibility index (Phi) is 3.10. The molecule has 122 valence electrons. The van der Waals surface area contributed by atoms with E-state index in [1.54, 1.807) is 6.20 Å². The first kappa shape index (κ1) is 14.2. The Labute approximate surface area is 145 Å². The van der Waals surface area contributed by atoms with Gasteiger partial charge in [0.1, 0.15) is 17.1 Å². The fourth-order valence-electron chi connectivity index (χ4n) is 3.97. The third-order valence-electron chi connectivity index (χ3n) is 5.06. The van der Waals surface area contributed by atoms with Crippen molar-refractivity contribution in [3.63, 3.8) is 0 Å². The van der Waals surface area contributed by atoms with Crippen LogP contribution in [0, 0.1) is 11.3 Å². The molecule has 25 heavy (non-hydrogen) atoms. The minimum absolute atomic E-state index is 0.651. The lowest BCUT2D eigenvalue weighted by Crippen LogP contribution is -2.30. The fourth-order valence-corrected chi connectivity index (χ4v) is 3.97. The number of pyridine rings is 2. The zero-order valence-corrected chi connectivity index (χ0v) is 13.8. The Morgan fingerprint density at radius 2 is 1.80 bits per heavy atom. The summed E-state index contributed by atoms with van der Waals surface area (Å²) in [5.41, 5.74) is 5.06. The van der Waals surface area contributed by atoms with E-state index < -0.39 is 0 Å². The van der Waals surface area contributed by atoms with E-state index >= 15 is 0 Å². The van der Waals surface area contributed by atoms with Gasteiger partial charge in [0, 0.05) is 24.7 Å². The number of anilines is 1. The molecule has 0 radical (unpaired) electrons. The number of piperidine rings is 1. The van der Waals surface area contributed by atoms with Crippen LogP contribution in [0.2, 0.25) is 0 Å². The van der Waals surface area contributed by atoms with Gasteiger partial charge in [-0.05, 0) is 37.5 Å². The lowest BCUT2D eigenvalue weighted by atomic mass is 10.0. The summed E-state index contributed by atoms with van der Waals surface area (Å²) >= 11 is 0. The molecule has 1 aliphatic heterocycles. The third kappa shape index (κ3) is 2.01.